The Hall–Kier alpha value is -1.22. The Labute approximate surface area is 94.2 Å². The van der Waals surface area contributed by atoms with Crippen LogP contribution in [-0.2, 0) is 4.74 Å². The average molecular weight is 228 g/mol. The molecular formula is C11H14ClNO2. The van der Waals surface area contributed by atoms with Crippen molar-refractivity contribution in [1.29, 1.82) is 0 Å². The number of aryl methyl sites for hydroxylation is 1. The van der Waals surface area contributed by atoms with E-state index in [1.165, 1.54) is 0 Å². The van der Waals surface area contributed by atoms with Gasteiger partial charge in [0, 0.05) is 0 Å². The van der Waals surface area contributed by atoms with Crippen molar-refractivity contribution in [3.05, 3.63) is 28.3 Å². The lowest BCUT2D eigenvalue weighted by Gasteiger charge is -2.08. The Kier molecular flexibility index (Phi) is 3.97. The quantitative estimate of drug-likeness (QED) is 0.638. The molecule has 0 heterocycles. The first-order valence-corrected chi connectivity index (χ1v) is 5.16. The van der Waals surface area contributed by atoms with Crippen LogP contribution < -0.4 is 5.73 Å². The van der Waals surface area contributed by atoms with E-state index < -0.39 is 5.97 Å². The zero-order valence-electron chi connectivity index (χ0n) is 8.84. The van der Waals surface area contributed by atoms with Crippen LogP contribution in [0.4, 0.5) is 5.69 Å². The van der Waals surface area contributed by atoms with Crippen LogP contribution in [0.3, 0.4) is 0 Å². The molecule has 0 saturated carbocycles. The van der Waals surface area contributed by atoms with E-state index in [1.807, 2.05) is 13.8 Å². The van der Waals surface area contributed by atoms with Crippen molar-refractivity contribution in [3.8, 4) is 0 Å². The second kappa shape index (κ2) is 5.03. The average Bonchev–Trinajstić information content (AvgIpc) is 2.19. The Bertz CT molecular complexity index is 377. The van der Waals surface area contributed by atoms with Crippen LogP contribution in [0.25, 0.3) is 0 Å². The standard InChI is InChI=1S/C11H14ClNO2/c1-3-4-15-11(14)8-5-7(2)6-9(12)10(8)13/h5-6H,3-4,13H2,1-2H3. The lowest BCUT2D eigenvalue weighted by atomic mass is 10.1. The zero-order valence-corrected chi connectivity index (χ0v) is 9.60. The first-order valence-electron chi connectivity index (χ1n) is 4.79. The van der Waals surface area contributed by atoms with Crippen molar-refractivity contribution in [2.45, 2.75) is 20.3 Å². The third kappa shape index (κ3) is 2.86. The summed E-state index contributed by atoms with van der Waals surface area (Å²) in [6, 6.07) is 3.40. The summed E-state index contributed by atoms with van der Waals surface area (Å²) in [6.45, 7) is 4.17. The molecule has 0 aliphatic carbocycles. The highest BCUT2D eigenvalue weighted by molar-refractivity contribution is 6.34. The number of benzene rings is 1. The summed E-state index contributed by atoms with van der Waals surface area (Å²) in [5, 5.41) is 0.387. The summed E-state index contributed by atoms with van der Waals surface area (Å²) < 4.78 is 4.99. The van der Waals surface area contributed by atoms with Gasteiger partial charge in [-0.05, 0) is 31.0 Å². The van der Waals surface area contributed by atoms with E-state index in [1.54, 1.807) is 12.1 Å². The van der Waals surface area contributed by atoms with Crippen LogP contribution in [-0.4, -0.2) is 12.6 Å². The van der Waals surface area contributed by atoms with E-state index in [4.69, 9.17) is 22.1 Å². The topological polar surface area (TPSA) is 52.3 Å². The lowest BCUT2D eigenvalue weighted by Crippen LogP contribution is -2.09. The van der Waals surface area contributed by atoms with Gasteiger partial charge in [-0.3, -0.25) is 0 Å². The highest BCUT2D eigenvalue weighted by Crippen LogP contribution is 2.25. The maximum atomic E-state index is 11.6. The Balaban J connectivity index is 2.98. The fourth-order valence-electron chi connectivity index (χ4n) is 1.19. The molecule has 1 rings (SSSR count). The highest BCUT2D eigenvalue weighted by Gasteiger charge is 2.13. The normalized spacial score (nSPS) is 10.1. The van der Waals surface area contributed by atoms with E-state index in [2.05, 4.69) is 0 Å². The maximum absolute atomic E-state index is 11.6. The van der Waals surface area contributed by atoms with Crippen LogP contribution in [0.15, 0.2) is 12.1 Å². The second-order valence-corrected chi connectivity index (χ2v) is 3.75. The fraction of sp³-hybridized carbons (Fsp3) is 0.364. The summed E-state index contributed by atoms with van der Waals surface area (Å²) >= 11 is 5.86. The second-order valence-electron chi connectivity index (χ2n) is 3.34. The van der Waals surface area contributed by atoms with E-state index >= 15 is 0 Å². The van der Waals surface area contributed by atoms with Gasteiger partial charge >= 0.3 is 5.97 Å². The molecule has 1 aromatic rings. The number of anilines is 1. The lowest BCUT2D eigenvalue weighted by molar-refractivity contribution is 0.0506. The molecule has 15 heavy (non-hydrogen) atoms. The van der Waals surface area contributed by atoms with Gasteiger partial charge in [-0.25, -0.2) is 4.79 Å². The van der Waals surface area contributed by atoms with Gasteiger partial charge in [-0.15, -0.1) is 0 Å². The van der Waals surface area contributed by atoms with Gasteiger partial charge in [0.05, 0.1) is 22.9 Å². The van der Waals surface area contributed by atoms with Crippen LogP contribution >= 0.6 is 11.6 Å². The molecule has 0 spiro atoms. The van der Waals surface area contributed by atoms with Crippen LogP contribution in [0, 0.1) is 6.92 Å². The molecule has 4 heteroatoms. The van der Waals surface area contributed by atoms with Crippen molar-refractivity contribution in [2.75, 3.05) is 12.3 Å². The predicted octanol–water partition coefficient (Wildman–Crippen LogP) is 2.80. The number of carbonyl (C=O) groups is 1. The first kappa shape index (κ1) is 11.9. The van der Waals surface area contributed by atoms with E-state index in [0.29, 0.717) is 17.2 Å². The van der Waals surface area contributed by atoms with Crippen molar-refractivity contribution in [3.63, 3.8) is 0 Å². The number of rotatable bonds is 3. The summed E-state index contributed by atoms with van der Waals surface area (Å²) in [6.07, 6.45) is 0.783. The molecule has 0 amide bonds. The van der Waals surface area contributed by atoms with E-state index in [9.17, 15) is 4.79 Å². The molecule has 0 fully saturated rings. The summed E-state index contributed by atoms with van der Waals surface area (Å²) in [7, 11) is 0. The minimum absolute atomic E-state index is 0.281. The van der Waals surface area contributed by atoms with Gasteiger partial charge in [0.25, 0.3) is 0 Å². The minimum atomic E-state index is -0.417. The van der Waals surface area contributed by atoms with Crippen LogP contribution in [0.1, 0.15) is 29.3 Å². The first-order chi connectivity index (χ1) is 7.06. The molecule has 0 radical (unpaired) electrons. The SMILES string of the molecule is CCCOC(=O)c1cc(C)cc(Cl)c1N. The largest absolute Gasteiger partial charge is 0.462 e. The van der Waals surface area contributed by atoms with Crippen LogP contribution in [0.2, 0.25) is 5.02 Å². The van der Waals surface area contributed by atoms with Crippen molar-refractivity contribution in [2.24, 2.45) is 0 Å². The molecule has 0 bridgehead atoms. The molecule has 0 saturated heterocycles. The van der Waals surface area contributed by atoms with Gasteiger partial charge < -0.3 is 10.5 Å². The van der Waals surface area contributed by atoms with Crippen molar-refractivity contribution < 1.29 is 9.53 Å². The monoisotopic (exact) mass is 227 g/mol. The van der Waals surface area contributed by atoms with Gasteiger partial charge in [0.1, 0.15) is 0 Å². The zero-order chi connectivity index (χ0) is 11.4. The number of nitrogen functional groups attached to an aromatic ring is 1. The summed E-state index contributed by atoms with van der Waals surface area (Å²) in [5.74, 6) is -0.417. The van der Waals surface area contributed by atoms with Crippen LogP contribution in [0.5, 0.6) is 0 Å². The molecule has 0 unspecified atom stereocenters. The van der Waals surface area contributed by atoms with Gasteiger partial charge in [-0.2, -0.15) is 0 Å². The number of halogens is 1. The Morgan fingerprint density at radius 2 is 2.20 bits per heavy atom. The minimum Gasteiger partial charge on any atom is -0.462 e. The molecule has 2 N–H and O–H groups in total. The molecule has 0 aromatic heterocycles. The summed E-state index contributed by atoms with van der Waals surface area (Å²) in [4.78, 5) is 11.6. The molecule has 0 aliphatic rings. The molecule has 82 valence electrons. The molecule has 3 nitrogen and oxygen atoms in total. The van der Waals surface area contributed by atoms with Gasteiger partial charge in [-0.1, -0.05) is 18.5 Å². The van der Waals surface area contributed by atoms with Crippen molar-refractivity contribution >= 4 is 23.3 Å². The number of nitrogens with two attached hydrogens (primary N) is 1. The molecule has 0 atom stereocenters. The number of hydrogen-bond donors (Lipinski definition) is 1. The number of hydrogen-bond acceptors (Lipinski definition) is 3. The van der Waals surface area contributed by atoms with Crippen molar-refractivity contribution in [1.82, 2.24) is 0 Å². The molecule has 0 aliphatic heterocycles. The maximum Gasteiger partial charge on any atom is 0.340 e. The Morgan fingerprint density at radius 1 is 1.53 bits per heavy atom. The number of esters is 1. The number of ether oxygens (including phenoxy) is 1. The Morgan fingerprint density at radius 3 is 2.80 bits per heavy atom. The number of carbonyl (C=O) groups excluding carboxylic acids is 1. The van der Waals surface area contributed by atoms with Gasteiger partial charge in [0.15, 0.2) is 0 Å². The smallest absolute Gasteiger partial charge is 0.340 e. The third-order valence-electron chi connectivity index (χ3n) is 1.93. The third-order valence-corrected chi connectivity index (χ3v) is 2.24. The van der Waals surface area contributed by atoms with E-state index in [0.717, 1.165) is 12.0 Å². The van der Waals surface area contributed by atoms with E-state index in [-0.39, 0.29) is 5.69 Å². The fourth-order valence-corrected chi connectivity index (χ4v) is 1.47. The predicted molar refractivity (Wildman–Crippen MR) is 61.2 cm³/mol. The molecular weight excluding hydrogens is 214 g/mol. The van der Waals surface area contributed by atoms with Gasteiger partial charge in [0.2, 0.25) is 0 Å². The highest BCUT2D eigenvalue weighted by atomic mass is 35.5. The molecule has 1 aromatic carbocycles. The summed E-state index contributed by atoms with van der Waals surface area (Å²) in [5.41, 5.74) is 7.20.